The maximum atomic E-state index is 10.9. The molecule has 3 rings (SSSR count). The van der Waals surface area contributed by atoms with E-state index in [1.165, 1.54) is 0 Å². The number of aliphatic carboxylic acids is 1. The van der Waals surface area contributed by atoms with Crippen LogP contribution >= 0.6 is 0 Å². The highest BCUT2D eigenvalue weighted by molar-refractivity contribution is 5.68. The third kappa shape index (κ3) is 2.66. The highest BCUT2D eigenvalue weighted by Crippen LogP contribution is 2.51. The average molecular weight is 264 g/mol. The van der Waals surface area contributed by atoms with Crippen LogP contribution in [-0.2, 0) is 4.79 Å². The van der Waals surface area contributed by atoms with E-state index in [0.717, 1.165) is 50.2 Å². The number of rotatable bonds is 5. The van der Waals surface area contributed by atoms with Crippen LogP contribution < -0.4 is 0 Å². The van der Waals surface area contributed by atoms with Crippen molar-refractivity contribution in [3.63, 3.8) is 0 Å². The van der Waals surface area contributed by atoms with Crippen LogP contribution in [0.5, 0.6) is 0 Å². The molecule has 1 atom stereocenters. The van der Waals surface area contributed by atoms with Crippen LogP contribution in [0.1, 0.15) is 49.6 Å². The molecule has 104 valence electrons. The third-order valence-corrected chi connectivity index (χ3v) is 4.36. The van der Waals surface area contributed by atoms with Gasteiger partial charge in [-0.05, 0) is 44.6 Å². The molecule has 1 aliphatic carbocycles. The molecule has 2 heterocycles. The Morgan fingerprint density at radius 2 is 2.42 bits per heavy atom. The predicted molar refractivity (Wildman–Crippen MR) is 68.7 cm³/mol. The number of hydrogen-bond acceptors (Lipinski definition) is 4. The van der Waals surface area contributed by atoms with Gasteiger partial charge in [-0.25, -0.2) is 0 Å². The van der Waals surface area contributed by atoms with Gasteiger partial charge < -0.3 is 9.63 Å². The van der Waals surface area contributed by atoms with Crippen molar-refractivity contribution >= 4 is 5.97 Å². The minimum absolute atomic E-state index is 0.0174. The Morgan fingerprint density at radius 1 is 1.63 bits per heavy atom. The number of carbonyl (C=O) groups is 1. The molecular formula is C14H20N2O3. The minimum Gasteiger partial charge on any atom is -0.481 e. The Kier molecular flexibility index (Phi) is 3.09. The molecule has 0 spiro atoms. The predicted octanol–water partition coefficient (Wildman–Crippen LogP) is 2.37. The first-order valence-corrected chi connectivity index (χ1v) is 6.97. The van der Waals surface area contributed by atoms with Crippen LogP contribution in [-0.4, -0.2) is 34.2 Å². The van der Waals surface area contributed by atoms with Gasteiger partial charge in [0.2, 0.25) is 0 Å². The third-order valence-electron chi connectivity index (χ3n) is 4.36. The van der Waals surface area contributed by atoms with Gasteiger partial charge in [-0.2, -0.15) is 0 Å². The lowest BCUT2D eigenvalue weighted by atomic mass is 10.0. The second kappa shape index (κ2) is 4.63. The van der Waals surface area contributed by atoms with E-state index >= 15 is 0 Å². The Labute approximate surface area is 112 Å². The number of carboxylic acid groups (broad SMARTS) is 1. The fourth-order valence-electron chi connectivity index (χ4n) is 3.20. The molecule has 19 heavy (non-hydrogen) atoms. The van der Waals surface area contributed by atoms with Crippen molar-refractivity contribution < 1.29 is 14.4 Å². The highest BCUT2D eigenvalue weighted by Gasteiger charge is 2.47. The largest absolute Gasteiger partial charge is 0.481 e. The second-order valence-electron chi connectivity index (χ2n) is 6.07. The Balaban J connectivity index is 1.68. The monoisotopic (exact) mass is 264 g/mol. The molecule has 1 N–H and O–H groups in total. The molecule has 2 aliphatic rings. The zero-order valence-electron chi connectivity index (χ0n) is 11.3. The van der Waals surface area contributed by atoms with E-state index in [2.05, 4.69) is 10.1 Å². The molecule has 1 aliphatic heterocycles. The average Bonchev–Trinajstić information content (AvgIpc) is 2.74. The van der Waals surface area contributed by atoms with E-state index in [1.54, 1.807) is 0 Å². The maximum absolute atomic E-state index is 10.9. The maximum Gasteiger partial charge on any atom is 0.303 e. The standard InChI is InChI=1S/C14H20N2O3/c1-10-7-12(19-15-10)11-3-2-6-16(11)9-14(4-5-14)8-13(17)18/h7,11H,2-6,8-9H2,1H3,(H,17,18). The smallest absolute Gasteiger partial charge is 0.303 e. The van der Waals surface area contributed by atoms with Gasteiger partial charge in [0.05, 0.1) is 18.2 Å². The van der Waals surface area contributed by atoms with Crippen LogP contribution in [0, 0.1) is 12.3 Å². The highest BCUT2D eigenvalue weighted by atomic mass is 16.5. The van der Waals surface area contributed by atoms with E-state index in [9.17, 15) is 4.79 Å². The quantitative estimate of drug-likeness (QED) is 0.884. The Hall–Kier alpha value is -1.36. The molecule has 1 saturated heterocycles. The molecule has 1 aromatic rings. The van der Waals surface area contributed by atoms with E-state index in [-0.39, 0.29) is 11.5 Å². The van der Waals surface area contributed by atoms with Crippen LogP contribution in [0.3, 0.4) is 0 Å². The summed E-state index contributed by atoms with van der Waals surface area (Å²) >= 11 is 0. The SMILES string of the molecule is Cc1cc(C2CCCN2CC2(CC(=O)O)CC2)on1. The molecule has 1 unspecified atom stereocenters. The van der Waals surface area contributed by atoms with Crippen molar-refractivity contribution in [3.05, 3.63) is 17.5 Å². The molecule has 1 aromatic heterocycles. The normalized spacial score (nSPS) is 25.6. The molecule has 1 saturated carbocycles. The van der Waals surface area contributed by atoms with Gasteiger partial charge in [-0.3, -0.25) is 9.69 Å². The van der Waals surface area contributed by atoms with Gasteiger partial charge in [-0.15, -0.1) is 0 Å². The number of carboxylic acids is 1. The molecule has 0 radical (unpaired) electrons. The summed E-state index contributed by atoms with van der Waals surface area (Å²) in [4.78, 5) is 13.3. The van der Waals surface area contributed by atoms with Gasteiger partial charge in [0, 0.05) is 12.6 Å². The summed E-state index contributed by atoms with van der Waals surface area (Å²) in [6.45, 7) is 3.84. The lowest BCUT2D eigenvalue weighted by Gasteiger charge is -2.26. The fourth-order valence-corrected chi connectivity index (χ4v) is 3.20. The van der Waals surface area contributed by atoms with Crippen molar-refractivity contribution in [2.24, 2.45) is 5.41 Å². The molecule has 2 fully saturated rings. The number of aryl methyl sites for hydroxylation is 1. The van der Waals surface area contributed by atoms with Crippen LogP contribution in [0.15, 0.2) is 10.6 Å². The zero-order chi connectivity index (χ0) is 13.5. The zero-order valence-corrected chi connectivity index (χ0v) is 11.3. The molecule has 0 bridgehead atoms. The van der Waals surface area contributed by atoms with Crippen LogP contribution in [0.25, 0.3) is 0 Å². The van der Waals surface area contributed by atoms with Crippen molar-refractivity contribution in [3.8, 4) is 0 Å². The summed E-state index contributed by atoms with van der Waals surface area (Å²) in [6.07, 6.45) is 4.60. The van der Waals surface area contributed by atoms with Gasteiger partial charge in [-0.1, -0.05) is 5.16 Å². The number of hydrogen-bond donors (Lipinski definition) is 1. The van der Waals surface area contributed by atoms with E-state index in [0.29, 0.717) is 6.42 Å². The first kappa shape index (κ1) is 12.7. The second-order valence-corrected chi connectivity index (χ2v) is 6.07. The van der Waals surface area contributed by atoms with Crippen molar-refractivity contribution in [2.75, 3.05) is 13.1 Å². The summed E-state index contributed by atoms with van der Waals surface area (Å²) in [5.74, 6) is 0.255. The number of nitrogens with zero attached hydrogens (tertiary/aromatic N) is 2. The van der Waals surface area contributed by atoms with Crippen molar-refractivity contribution in [2.45, 2.75) is 45.1 Å². The van der Waals surface area contributed by atoms with Gasteiger partial charge >= 0.3 is 5.97 Å². The Bertz CT molecular complexity index is 479. The van der Waals surface area contributed by atoms with Crippen LogP contribution in [0.2, 0.25) is 0 Å². The molecule has 0 aromatic carbocycles. The first-order valence-electron chi connectivity index (χ1n) is 6.97. The van der Waals surface area contributed by atoms with Gasteiger partial charge in [0.25, 0.3) is 0 Å². The van der Waals surface area contributed by atoms with E-state index in [1.807, 2.05) is 13.0 Å². The summed E-state index contributed by atoms with van der Waals surface area (Å²) < 4.78 is 5.39. The first-order chi connectivity index (χ1) is 9.08. The van der Waals surface area contributed by atoms with Crippen molar-refractivity contribution in [1.82, 2.24) is 10.1 Å². The van der Waals surface area contributed by atoms with Gasteiger partial charge in [0.1, 0.15) is 0 Å². The Morgan fingerprint density at radius 3 is 3.00 bits per heavy atom. The lowest BCUT2D eigenvalue weighted by molar-refractivity contribution is -0.138. The molecule has 5 heteroatoms. The van der Waals surface area contributed by atoms with E-state index in [4.69, 9.17) is 9.63 Å². The summed E-state index contributed by atoms with van der Waals surface area (Å²) in [5.41, 5.74) is 0.928. The van der Waals surface area contributed by atoms with Crippen LogP contribution in [0.4, 0.5) is 0 Å². The van der Waals surface area contributed by atoms with Gasteiger partial charge in [0.15, 0.2) is 5.76 Å². The topological polar surface area (TPSA) is 66.6 Å². The molecule has 5 nitrogen and oxygen atoms in total. The minimum atomic E-state index is -0.677. The summed E-state index contributed by atoms with van der Waals surface area (Å²) in [6, 6.07) is 2.28. The lowest BCUT2D eigenvalue weighted by Crippen LogP contribution is -2.31. The summed E-state index contributed by atoms with van der Waals surface area (Å²) in [7, 11) is 0. The molecular weight excluding hydrogens is 244 g/mol. The molecule has 0 amide bonds. The van der Waals surface area contributed by atoms with E-state index < -0.39 is 5.97 Å². The number of likely N-dealkylation sites (tertiary alicyclic amines) is 1. The number of aromatic nitrogens is 1. The summed E-state index contributed by atoms with van der Waals surface area (Å²) in [5, 5.41) is 13.0. The van der Waals surface area contributed by atoms with Crippen molar-refractivity contribution in [1.29, 1.82) is 0 Å². The fraction of sp³-hybridized carbons (Fsp3) is 0.714.